The third-order valence-corrected chi connectivity index (χ3v) is 2.38. The van der Waals surface area contributed by atoms with Gasteiger partial charge in [-0.15, -0.1) is 0 Å². The average molecular weight is 171 g/mol. The molecule has 1 unspecified atom stereocenters. The minimum absolute atomic E-state index is 0.0494. The molecule has 0 bridgehead atoms. The van der Waals surface area contributed by atoms with Crippen molar-refractivity contribution in [2.24, 2.45) is 5.73 Å². The fourth-order valence-electron chi connectivity index (χ4n) is 1.37. The number of amides is 1. The van der Waals surface area contributed by atoms with Crippen molar-refractivity contribution in [3.8, 4) is 0 Å². The van der Waals surface area contributed by atoms with Gasteiger partial charge in [0.1, 0.15) is 0 Å². The molecule has 0 saturated carbocycles. The highest BCUT2D eigenvalue weighted by molar-refractivity contribution is 5.79. The molecule has 1 amide bonds. The highest BCUT2D eigenvalue weighted by atomic mass is 16.2. The molecule has 70 valence electrons. The Kier molecular flexibility index (Phi) is 2.69. The molecular weight excluding hydrogens is 154 g/mol. The summed E-state index contributed by atoms with van der Waals surface area (Å²) in [6, 6.07) is 0. The van der Waals surface area contributed by atoms with Gasteiger partial charge in [0.25, 0.3) is 0 Å². The second-order valence-electron chi connectivity index (χ2n) is 3.54. The van der Waals surface area contributed by atoms with Crippen molar-refractivity contribution in [2.75, 3.05) is 13.1 Å². The maximum absolute atomic E-state index is 11.3. The Hall–Kier alpha value is -0.610. The van der Waals surface area contributed by atoms with Gasteiger partial charge < -0.3 is 5.73 Å². The van der Waals surface area contributed by atoms with Gasteiger partial charge in [-0.05, 0) is 13.3 Å². The van der Waals surface area contributed by atoms with E-state index < -0.39 is 0 Å². The number of hydrogen-bond acceptors (Lipinski definition) is 3. The van der Waals surface area contributed by atoms with Gasteiger partial charge in [0.15, 0.2) is 0 Å². The van der Waals surface area contributed by atoms with Gasteiger partial charge in [0, 0.05) is 25.0 Å². The molecule has 0 radical (unpaired) electrons. The predicted molar refractivity (Wildman–Crippen MR) is 47.2 cm³/mol. The molecule has 0 aromatic carbocycles. The molecule has 4 nitrogen and oxygen atoms in total. The van der Waals surface area contributed by atoms with Gasteiger partial charge in [-0.25, -0.2) is 5.43 Å². The Bertz CT molecular complexity index is 183. The molecule has 0 aliphatic carbocycles. The van der Waals surface area contributed by atoms with E-state index in [4.69, 9.17) is 5.73 Å². The molecule has 0 aromatic heterocycles. The van der Waals surface area contributed by atoms with Crippen LogP contribution in [-0.4, -0.2) is 29.5 Å². The van der Waals surface area contributed by atoms with Crippen LogP contribution in [0.25, 0.3) is 0 Å². The van der Waals surface area contributed by atoms with E-state index in [1.54, 1.807) is 5.01 Å². The summed E-state index contributed by atoms with van der Waals surface area (Å²) in [5, 5.41) is 1.63. The number of nitrogens with one attached hydrogen (secondary N) is 1. The first-order chi connectivity index (χ1) is 5.61. The van der Waals surface area contributed by atoms with Crippen molar-refractivity contribution in [2.45, 2.75) is 32.2 Å². The largest absolute Gasteiger partial charge is 0.329 e. The third-order valence-electron chi connectivity index (χ3n) is 2.38. The summed E-state index contributed by atoms with van der Waals surface area (Å²) >= 11 is 0. The van der Waals surface area contributed by atoms with E-state index in [0.717, 1.165) is 6.42 Å². The fraction of sp³-hybridized carbons (Fsp3) is 0.875. The van der Waals surface area contributed by atoms with Crippen molar-refractivity contribution in [3.63, 3.8) is 0 Å². The van der Waals surface area contributed by atoms with Gasteiger partial charge in [0.2, 0.25) is 5.91 Å². The Balaban J connectivity index is 2.55. The Morgan fingerprint density at radius 2 is 2.42 bits per heavy atom. The van der Waals surface area contributed by atoms with Gasteiger partial charge in [-0.2, -0.15) is 0 Å². The Labute approximate surface area is 73.1 Å². The maximum Gasteiger partial charge on any atom is 0.238 e. The predicted octanol–water partition coefficient (Wildman–Crippen LogP) is -0.149. The van der Waals surface area contributed by atoms with Gasteiger partial charge >= 0.3 is 0 Å². The highest BCUT2D eigenvalue weighted by Gasteiger charge is 2.36. The summed E-state index contributed by atoms with van der Waals surface area (Å²) in [6.07, 6.45) is 1.54. The van der Waals surface area contributed by atoms with E-state index in [1.807, 2.05) is 0 Å². The summed E-state index contributed by atoms with van der Waals surface area (Å²) in [5.41, 5.74) is 8.49. The fourth-order valence-corrected chi connectivity index (χ4v) is 1.37. The molecule has 1 heterocycles. The number of rotatable bonds is 3. The molecule has 3 N–H and O–H groups in total. The van der Waals surface area contributed by atoms with E-state index in [0.29, 0.717) is 19.5 Å². The van der Waals surface area contributed by atoms with Crippen molar-refractivity contribution in [1.29, 1.82) is 0 Å². The smallest absolute Gasteiger partial charge is 0.238 e. The molecule has 12 heavy (non-hydrogen) atoms. The van der Waals surface area contributed by atoms with Crippen LogP contribution < -0.4 is 11.2 Å². The van der Waals surface area contributed by atoms with Crippen LogP contribution >= 0.6 is 0 Å². The summed E-state index contributed by atoms with van der Waals surface area (Å²) in [6.45, 7) is 5.25. The zero-order chi connectivity index (χ0) is 9.19. The summed E-state index contributed by atoms with van der Waals surface area (Å²) < 4.78 is 0. The second kappa shape index (κ2) is 3.41. The van der Waals surface area contributed by atoms with E-state index in [9.17, 15) is 4.79 Å². The molecule has 1 aliphatic rings. The van der Waals surface area contributed by atoms with Crippen molar-refractivity contribution in [1.82, 2.24) is 10.4 Å². The Morgan fingerprint density at radius 1 is 1.75 bits per heavy atom. The van der Waals surface area contributed by atoms with Crippen LogP contribution in [0.4, 0.5) is 0 Å². The number of hydrogen-bond donors (Lipinski definition) is 2. The van der Waals surface area contributed by atoms with Crippen molar-refractivity contribution >= 4 is 5.91 Å². The Morgan fingerprint density at radius 3 is 2.83 bits per heavy atom. The normalized spacial score (nSPS) is 29.9. The molecule has 1 rings (SSSR count). The highest BCUT2D eigenvalue weighted by Crippen LogP contribution is 2.21. The van der Waals surface area contributed by atoms with Crippen molar-refractivity contribution < 1.29 is 4.79 Å². The quantitative estimate of drug-likeness (QED) is 0.621. The van der Waals surface area contributed by atoms with Gasteiger partial charge in [-0.3, -0.25) is 9.80 Å². The number of carbonyl (C=O) groups excluding carboxylic acids is 1. The van der Waals surface area contributed by atoms with Crippen LogP contribution in [0, 0.1) is 0 Å². The van der Waals surface area contributed by atoms with Crippen LogP contribution in [0.2, 0.25) is 0 Å². The SMILES string of the molecule is CCC1(C)CC(=O)N(CCN)N1. The molecular formula is C8H17N3O. The van der Waals surface area contributed by atoms with Crippen LogP contribution in [-0.2, 0) is 4.79 Å². The first-order valence-corrected chi connectivity index (χ1v) is 4.39. The summed E-state index contributed by atoms with van der Waals surface area (Å²) in [5.74, 6) is 0.157. The molecule has 1 saturated heterocycles. The zero-order valence-corrected chi connectivity index (χ0v) is 7.76. The minimum Gasteiger partial charge on any atom is -0.329 e. The summed E-state index contributed by atoms with van der Waals surface area (Å²) in [4.78, 5) is 11.3. The zero-order valence-electron chi connectivity index (χ0n) is 7.76. The lowest BCUT2D eigenvalue weighted by Gasteiger charge is -2.23. The average Bonchev–Trinajstić information content (AvgIpc) is 2.30. The van der Waals surface area contributed by atoms with Crippen LogP contribution in [0.5, 0.6) is 0 Å². The van der Waals surface area contributed by atoms with E-state index in [2.05, 4.69) is 19.3 Å². The maximum atomic E-state index is 11.3. The first-order valence-electron chi connectivity index (χ1n) is 4.39. The van der Waals surface area contributed by atoms with Gasteiger partial charge in [-0.1, -0.05) is 6.92 Å². The third kappa shape index (κ3) is 1.76. The lowest BCUT2D eigenvalue weighted by atomic mass is 9.97. The first kappa shape index (κ1) is 9.48. The van der Waals surface area contributed by atoms with E-state index in [1.165, 1.54) is 0 Å². The topological polar surface area (TPSA) is 58.4 Å². The van der Waals surface area contributed by atoms with E-state index >= 15 is 0 Å². The van der Waals surface area contributed by atoms with E-state index in [-0.39, 0.29) is 11.4 Å². The van der Waals surface area contributed by atoms with Crippen LogP contribution in [0.15, 0.2) is 0 Å². The van der Waals surface area contributed by atoms with Crippen molar-refractivity contribution in [3.05, 3.63) is 0 Å². The monoisotopic (exact) mass is 171 g/mol. The summed E-state index contributed by atoms with van der Waals surface area (Å²) in [7, 11) is 0. The molecule has 1 aliphatic heterocycles. The molecule has 1 atom stereocenters. The molecule has 4 heteroatoms. The van der Waals surface area contributed by atoms with Crippen LogP contribution in [0.1, 0.15) is 26.7 Å². The lowest BCUT2D eigenvalue weighted by molar-refractivity contribution is -0.129. The number of carbonyl (C=O) groups is 1. The van der Waals surface area contributed by atoms with Gasteiger partial charge in [0.05, 0.1) is 0 Å². The standard InChI is InChI=1S/C8H17N3O/c1-3-8(2)6-7(12)11(10-8)5-4-9/h10H,3-6,9H2,1-2H3. The molecule has 0 aromatic rings. The number of hydrazine groups is 1. The lowest BCUT2D eigenvalue weighted by Crippen LogP contribution is -2.45. The minimum atomic E-state index is -0.0494. The molecule has 0 spiro atoms. The molecule has 1 fully saturated rings. The van der Waals surface area contributed by atoms with Crippen LogP contribution in [0.3, 0.4) is 0 Å². The number of nitrogens with zero attached hydrogens (tertiary/aromatic N) is 1. The second-order valence-corrected chi connectivity index (χ2v) is 3.54. The number of nitrogens with two attached hydrogens (primary N) is 1.